The third kappa shape index (κ3) is 5.71. The van der Waals surface area contributed by atoms with Crippen LogP contribution in [0.25, 0.3) is 11.3 Å². The van der Waals surface area contributed by atoms with E-state index in [0.29, 0.717) is 18.8 Å². The van der Waals surface area contributed by atoms with Gasteiger partial charge in [0.1, 0.15) is 5.75 Å². The predicted octanol–water partition coefficient (Wildman–Crippen LogP) is 5.17. The van der Waals surface area contributed by atoms with Crippen molar-refractivity contribution < 1.29 is 23.0 Å². The second-order valence-corrected chi connectivity index (χ2v) is 6.43. The second kappa shape index (κ2) is 8.96. The van der Waals surface area contributed by atoms with Crippen LogP contribution in [-0.2, 0) is 13.2 Å². The lowest BCUT2D eigenvalue weighted by Crippen LogP contribution is -2.22. The smallest absolute Gasteiger partial charge is 0.406 e. The highest BCUT2D eigenvalue weighted by Gasteiger charge is 2.31. The van der Waals surface area contributed by atoms with E-state index in [9.17, 15) is 18.3 Å². The van der Waals surface area contributed by atoms with E-state index in [4.69, 9.17) is 0 Å². The minimum Gasteiger partial charge on any atom is -0.406 e. The van der Waals surface area contributed by atoms with Gasteiger partial charge in [0.15, 0.2) is 0 Å². The zero-order chi connectivity index (χ0) is 20.9. The van der Waals surface area contributed by atoms with Gasteiger partial charge in [0.05, 0.1) is 18.0 Å². The minimum absolute atomic E-state index is 0.120. The molecule has 0 aliphatic rings. The van der Waals surface area contributed by atoms with E-state index in [1.54, 1.807) is 18.2 Å². The van der Waals surface area contributed by atoms with Crippen molar-refractivity contribution >= 4 is 5.69 Å². The van der Waals surface area contributed by atoms with Gasteiger partial charge >= 0.3 is 6.36 Å². The number of hydrogen-bond acceptors (Lipinski definition) is 4. The van der Waals surface area contributed by atoms with Crippen LogP contribution in [0, 0.1) is 0 Å². The fraction of sp³-hybridized carbons (Fsp3) is 0.227. The summed E-state index contributed by atoms with van der Waals surface area (Å²) in [6.45, 7) is 3.13. The monoisotopic (exact) mass is 402 g/mol. The second-order valence-electron chi connectivity index (χ2n) is 6.43. The number of aliphatic hydroxyl groups excluding tert-OH is 1. The maximum atomic E-state index is 12.3. The van der Waals surface area contributed by atoms with E-state index < -0.39 is 6.36 Å². The number of aliphatic hydroxyl groups is 1. The average Bonchev–Trinajstić information content (AvgIpc) is 2.72. The molecular formula is C22H21F3N2O2. The number of nitrogens with zero attached hydrogens (tertiary/aromatic N) is 2. The van der Waals surface area contributed by atoms with Gasteiger partial charge in [0, 0.05) is 24.3 Å². The average molecular weight is 402 g/mol. The number of benzene rings is 2. The number of halogens is 3. The lowest BCUT2D eigenvalue weighted by molar-refractivity contribution is -0.274. The topological polar surface area (TPSA) is 45.6 Å². The Morgan fingerprint density at radius 1 is 1.00 bits per heavy atom. The van der Waals surface area contributed by atoms with Crippen LogP contribution in [0.15, 0.2) is 66.7 Å². The third-order valence-electron chi connectivity index (χ3n) is 4.38. The van der Waals surface area contributed by atoms with Crippen LogP contribution in [0.2, 0.25) is 0 Å². The van der Waals surface area contributed by atoms with E-state index in [2.05, 4.69) is 9.72 Å². The highest BCUT2D eigenvalue weighted by atomic mass is 19.4. The van der Waals surface area contributed by atoms with Crippen molar-refractivity contribution in [1.82, 2.24) is 4.98 Å². The van der Waals surface area contributed by atoms with Gasteiger partial charge in [-0.2, -0.15) is 0 Å². The lowest BCUT2D eigenvalue weighted by Gasteiger charge is -2.24. The van der Waals surface area contributed by atoms with Gasteiger partial charge in [-0.25, -0.2) is 0 Å². The summed E-state index contributed by atoms with van der Waals surface area (Å²) >= 11 is 0. The van der Waals surface area contributed by atoms with Gasteiger partial charge in [-0.05, 0) is 55.0 Å². The van der Waals surface area contributed by atoms with Crippen molar-refractivity contribution in [2.45, 2.75) is 26.4 Å². The summed E-state index contributed by atoms with van der Waals surface area (Å²) in [6.07, 6.45) is -4.70. The third-order valence-corrected chi connectivity index (χ3v) is 4.38. The number of anilines is 1. The summed E-state index contributed by atoms with van der Waals surface area (Å²) in [4.78, 5) is 6.48. The van der Waals surface area contributed by atoms with E-state index in [1.807, 2.05) is 48.2 Å². The molecule has 3 rings (SSSR count). The van der Waals surface area contributed by atoms with Crippen molar-refractivity contribution in [1.29, 1.82) is 0 Å². The summed E-state index contributed by atoms with van der Waals surface area (Å²) in [5, 5.41) is 9.28. The Balaban J connectivity index is 1.77. The molecular weight excluding hydrogens is 381 g/mol. The Hall–Kier alpha value is -3.06. The summed E-state index contributed by atoms with van der Waals surface area (Å²) in [5.41, 5.74) is 4.14. The highest BCUT2D eigenvalue weighted by molar-refractivity contribution is 5.60. The largest absolute Gasteiger partial charge is 0.573 e. The molecule has 3 aromatic rings. The van der Waals surface area contributed by atoms with E-state index >= 15 is 0 Å². The minimum atomic E-state index is -4.70. The van der Waals surface area contributed by atoms with Crippen LogP contribution in [0.3, 0.4) is 0 Å². The Bertz CT molecular complexity index is 943. The summed E-state index contributed by atoms with van der Waals surface area (Å²) in [6, 6.07) is 19.2. The zero-order valence-corrected chi connectivity index (χ0v) is 15.9. The van der Waals surface area contributed by atoms with Gasteiger partial charge < -0.3 is 14.7 Å². The quantitative estimate of drug-likeness (QED) is 0.593. The first-order valence-corrected chi connectivity index (χ1v) is 9.15. The number of ether oxygens (including phenoxy) is 1. The molecule has 0 amide bonds. The molecule has 0 saturated carbocycles. The van der Waals surface area contributed by atoms with Crippen molar-refractivity contribution in [3.05, 3.63) is 78.0 Å². The van der Waals surface area contributed by atoms with Crippen molar-refractivity contribution in [3.8, 4) is 17.0 Å². The summed E-state index contributed by atoms with van der Waals surface area (Å²) in [5.74, 6) is -0.242. The zero-order valence-electron chi connectivity index (χ0n) is 15.9. The molecule has 1 aromatic heterocycles. The van der Waals surface area contributed by atoms with E-state index in [-0.39, 0.29) is 12.4 Å². The van der Waals surface area contributed by atoms with Crippen LogP contribution < -0.4 is 9.64 Å². The molecule has 0 bridgehead atoms. The molecule has 152 valence electrons. The van der Waals surface area contributed by atoms with Gasteiger partial charge in [-0.1, -0.05) is 24.3 Å². The summed E-state index contributed by atoms with van der Waals surface area (Å²) < 4.78 is 40.9. The van der Waals surface area contributed by atoms with E-state index in [0.717, 1.165) is 22.5 Å². The number of hydrogen-bond donors (Lipinski definition) is 1. The standard InChI is InChI=1S/C22H21F3N2O2/c1-2-27(19-9-11-20(12-10-19)29-22(23,24)25)14-16-5-3-6-17(13-16)21-8-4-7-18(15-28)26-21/h3-13,28H,2,14-15H2,1H3. The molecule has 0 radical (unpaired) electrons. The van der Waals surface area contributed by atoms with Crippen molar-refractivity contribution in [2.24, 2.45) is 0 Å². The molecule has 1 N–H and O–H groups in total. The molecule has 4 nitrogen and oxygen atoms in total. The first kappa shape index (κ1) is 20.7. The number of pyridine rings is 1. The Morgan fingerprint density at radius 3 is 2.38 bits per heavy atom. The molecule has 7 heteroatoms. The molecule has 2 aromatic carbocycles. The molecule has 0 aliphatic heterocycles. The van der Waals surface area contributed by atoms with Crippen molar-refractivity contribution in [3.63, 3.8) is 0 Å². The Kier molecular flexibility index (Phi) is 6.39. The van der Waals surface area contributed by atoms with Crippen LogP contribution >= 0.6 is 0 Å². The molecule has 0 aliphatic carbocycles. The number of aromatic nitrogens is 1. The molecule has 29 heavy (non-hydrogen) atoms. The predicted molar refractivity (Wildman–Crippen MR) is 105 cm³/mol. The first-order chi connectivity index (χ1) is 13.9. The Morgan fingerprint density at radius 2 is 1.72 bits per heavy atom. The van der Waals surface area contributed by atoms with Crippen LogP contribution in [-0.4, -0.2) is 23.0 Å². The number of alkyl halides is 3. The van der Waals surface area contributed by atoms with Crippen LogP contribution in [0.4, 0.5) is 18.9 Å². The molecule has 0 spiro atoms. The SMILES string of the molecule is CCN(Cc1cccc(-c2cccc(CO)n2)c1)c1ccc(OC(F)(F)F)cc1. The van der Waals surface area contributed by atoms with Crippen molar-refractivity contribution in [2.75, 3.05) is 11.4 Å². The number of rotatable bonds is 7. The normalized spacial score (nSPS) is 11.3. The van der Waals surface area contributed by atoms with Crippen LogP contribution in [0.1, 0.15) is 18.2 Å². The molecule has 0 unspecified atom stereocenters. The molecule has 0 saturated heterocycles. The fourth-order valence-corrected chi connectivity index (χ4v) is 3.02. The van der Waals surface area contributed by atoms with Crippen LogP contribution in [0.5, 0.6) is 5.75 Å². The van der Waals surface area contributed by atoms with Gasteiger partial charge in [0.25, 0.3) is 0 Å². The molecule has 0 atom stereocenters. The van der Waals surface area contributed by atoms with Gasteiger partial charge in [0.2, 0.25) is 0 Å². The first-order valence-electron chi connectivity index (χ1n) is 9.15. The lowest BCUT2D eigenvalue weighted by atomic mass is 10.1. The maximum Gasteiger partial charge on any atom is 0.573 e. The molecule has 1 heterocycles. The molecule has 0 fully saturated rings. The maximum absolute atomic E-state index is 12.3. The fourth-order valence-electron chi connectivity index (χ4n) is 3.02. The van der Waals surface area contributed by atoms with Gasteiger partial charge in [-0.3, -0.25) is 4.98 Å². The van der Waals surface area contributed by atoms with Gasteiger partial charge in [-0.15, -0.1) is 13.2 Å². The Labute approximate surface area is 167 Å². The highest BCUT2D eigenvalue weighted by Crippen LogP contribution is 2.27. The summed E-state index contributed by atoms with van der Waals surface area (Å²) in [7, 11) is 0. The van der Waals surface area contributed by atoms with E-state index in [1.165, 1.54) is 12.1 Å².